The first-order chi connectivity index (χ1) is 8.20. The number of terminal acetylenes is 1. The Morgan fingerprint density at radius 1 is 1.29 bits per heavy atom. The lowest BCUT2D eigenvalue weighted by Gasteiger charge is -2.22. The third-order valence-corrected chi connectivity index (χ3v) is 3.11. The highest BCUT2D eigenvalue weighted by Crippen LogP contribution is 2.25. The number of hydrogen-bond donors (Lipinski definition) is 1. The van der Waals surface area contributed by atoms with Crippen LogP contribution < -0.4 is 5.32 Å². The van der Waals surface area contributed by atoms with E-state index in [0.717, 1.165) is 25.8 Å². The second kappa shape index (κ2) is 7.14. The zero-order valence-electron chi connectivity index (χ0n) is 11.2. The Labute approximate surface area is 106 Å². The van der Waals surface area contributed by atoms with Crippen molar-refractivity contribution in [1.82, 2.24) is 5.32 Å². The zero-order valence-corrected chi connectivity index (χ0v) is 11.2. The lowest BCUT2D eigenvalue weighted by molar-refractivity contribution is 0.501. The molecule has 1 atom stereocenters. The van der Waals surface area contributed by atoms with Crippen LogP contribution in [0.4, 0.5) is 0 Å². The van der Waals surface area contributed by atoms with Crippen molar-refractivity contribution in [3.05, 3.63) is 34.9 Å². The molecule has 0 aliphatic carbocycles. The third-order valence-electron chi connectivity index (χ3n) is 3.11. The molecule has 0 spiro atoms. The van der Waals surface area contributed by atoms with Crippen LogP contribution >= 0.6 is 0 Å². The van der Waals surface area contributed by atoms with Gasteiger partial charge in [-0.3, -0.25) is 0 Å². The molecule has 92 valence electrons. The van der Waals surface area contributed by atoms with Gasteiger partial charge in [0, 0.05) is 12.5 Å². The first kappa shape index (κ1) is 13.8. The van der Waals surface area contributed by atoms with E-state index in [4.69, 9.17) is 6.42 Å². The van der Waals surface area contributed by atoms with Crippen LogP contribution in [0.15, 0.2) is 18.2 Å². The topological polar surface area (TPSA) is 12.0 Å². The summed E-state index contributed by atoms with van der Waals surface area (Å²) in [5, 5.41) is 3.61. The summed E-state index contributed by atoms with van der Waals surface area (Å²) in [4.78, 5) is 0. The molecule has 0 aromatic heterocycles. The van der Waals surface area contributed by atoms with Gasteiger partial charge < -0.3 is 5.32 Å². The molecule has 1 aromatic carbocycles. The Morgan fingerprint density at radius 2 is 1.94 bits per heavy atom. The number of hydrogen-bond acceptors (Lipinski definition) is 1. The fourth-order valence-corrected chi connectivity index (χ4v) is 2.27. The largest absolute Gasteiger partial charge is 0.310 e. The van der Waals surface area contributed by atoms with Crippen molar-refractivity contribution in [1.29, 1.82) is 0 Å². The van der Waals surface area contributed by atoms with Gasteiger partial charge in [0.15, 0.2) is 0 Å². The molecule has 1 aromatic rings. The van der Waals surface area contributed by atoms with E-state index in [1.807, 2.05) is 0 Å². The van der Waals surface area contributed by atoms with Crippen molar-refractivity contribution in [3.63, 3.8) is 0 Å². The average Bonchev–Trinajstić information content (AvgIpc) is 2.31. The van der Waals surface area contributed by atoms with E-state index in [1.54, 1.807) is 0 Å². The zero-order chi connectivity index (χ0) is 12.7. The van der Waals surface area contributed by atoms with Gasteiger partial charge in [-0.25, -0.2) is 0 Å². The second-order valence-electron chi connectivity index (χ2n) is 4.55. The molecule has 0 heterocycles. The molecule has 0 fully saturated rings. The standard InChI is InChI=1S/C16H23N/c1-5-7-11-15(17-12-6-2)16-13(3)9-8-10-14(16)4/h1,8-10,15,17H,6-7,11-12H2,2-4H3. The van der Waals surface area contributed by atoms with E-state index < -0.39 is 0 Å². The summed E-state index contributed by atoms with van der Waals surface area (Å²) < 4.78 is 0. The average molecular weight is 229 g/mol. The summed E-state index contributed by atoms with van der Waals surface area (Å²) in [7, 11) is 0. The second-order valence-corrected chi connectivity index (χ2v) is 4.55. The highest BCUT2D eigenvalue weighted by Gasteiger charge is 2.14. The molecule has 1 unspecified atom stereocenters. The Kier molecular flexibility index (Phi) is 5.80. The molecule has 0 amide bonds. The fourth-order valence-electron chi connectivity index (χ4n) is 2.27. The van der Waals surface area contributed by atoms with E-state index in [-0.39, 0.29) is 0 Å². The molecule has 0 aliphatic rings. The van der Waals surface area contributed by atoms with Crippen LogP contribution in [-0.4, -0.2) is 6.54 Å². The predicted molar refractivity (Wildman–Crippen MR) is 75.0 cm³/mol. The Bertz CT molecular complexity index is 367. The molecule has 1 heteroatoms. The lowest BCUT2D eigenvalue weighted by Crippen LogP contribution is -2.23. The fraction of sp³-hybridized carbons (Fsp3) is 0.500. The molecule has 1 nitrogen and oxygen atoms in total. The van der Waals surface area contributed by atoms with E-state index in [1.165, 1.54) is 16.7 Å². The first-order valence-corrected chi connectivity index (χ1v) is 6.43. The molecule has 1 N–H and O–H groups in total. The summed E-state index contributed by atoms with van der Waals surface area (Å²) in [5.74, 6) is 2.74. The SMILES string of the molecule is C#CCCC(NCCC)c1c(C)cccc1C. The van der Waals surface area contributed by atoms with Gasteiger partial charge in [0.05, 0.1) is 0 Å². The Balaban J connectivity index is 2.91. The van der Waals surface area contributed by atoms with Gasteiger partial charge in [-0.05, 0) is 49.9 Å². The van der Waals surface area contributed by atoms with Crippen LogP contribution in [0, 0.1) is 26.2 Å². The van der Waals surface area contributed by atoms with Gasteiger partial charge in [0.25, 0.3) is 0 Å². The maximum atomic E-state index is 5.38. The molecule has 0 bridgehead atoms. The third kappa shape index (κ3) is 3.91. The minimum Gasteiger partial charge on any atom is -0.310 e. The van der Waals surface area contributed by atoms with E-state index >= 15 is 0 Å². The number of nitrogens with one attached hydrogen (secondary N) is 1. The van der Waals surface area contributed by atoms with Gasteiger partial charge in [0.1, 0.15) is 0 Å². The van der Waals surface area contributed by atoms with Crippen molar-refractivity contribution in [2.45, 2.75) is 46.1 Å². The minimum absolute atomic E-state index is 0.396. The Morgan fingerprint density at radius 3 is 2.47 bits per heavy atom. The maximum Gasteiger partial charge on any atom is 0.0334 e. The highest BCUT2D eigenvalue weighted by atomic mass is 14.9. The van der Waals surface area contributed by atoms with Crippen molar-refractivity contribution in [3.8, 4) is 12.3 Å². The molecular weight excluding hydrogens is 206 g/mol. The molecule has 0 aliphatic heterocycles. The minimum atomic E-state index is 0.396. The van der Waals surface area contributed by atoms with E-state index in [0.29, 0.717) is 6.04 Å². The quantitative estimate of drug-likeness (QED) is 0.732. The van der Waals surface area contributed by atoms with Crippen LogP contribution in [0.5, 0.6) is 0 Å². The normalized spacial score (nSPS) is 12.1. The van der Waals surface area contributed by atoms with Crippen LogP contribution in [0.25, 0.3) is 0 Å². The van der Waals surface area contributed by atoms with Crippen LogP contribution in [0.1, 0.15) is 48.9 Å². The van der Waals surface area contributed by atoms with Crippen molar-refractivity contribution in [2.75, 3.05) is 6.54 Å². The number of rotatable bonds is 6. The van der Waals surface area contributed by atoms with Gasteiger partial charge in [0.2, 0.25) is 0 Å². The number of benzene rings is 1. The van der Waals surface area contributed by atoms with Crippen LogP contribution in [-0.2, 0) is 0 Å². The summed E-state index contributed by atoms with van der Waals surface area (Å²) in [6.45, 7) is 7.59. The van der Waals surface area contributed by atoms with Gasteiger partial charge in [-0.15, -0.1) is 12.3 Å². The van der Waals surface area contributed by atoms with Crippen molar-refractivity contribution in [2.24, 2.45) is 0 Å². The monoisotopic (exact) mass is 229 g/mol. The highest BCUT2D eigenvalue weighted by molar-refractivity contribution is 5.36. The predicted octanol–water partition coefficient (Wildman–Crippen LogP) is 3.76. The van der Waals surface area contributed by atoms with Gasteiger partial charge in [-0.1, -0.05) is 25.1 Å². The smallest absolute Gasteiger partial charge is 0.0334 e. The van der Waals surface area contributed by atoms with E-state index in [2.05, 4.69) is 50.2 Å². The molecule has 0 saturated carbocycles. The number of aryl methyl sites for hydroxylation is 2. The molecule has 0 saturated heterocycles. The maximum absolute atomic E-state index is 5.38. The summed E-state index contributed by atoms with van der Waals surface area (Å²) in [5.41, 5.74) is 4.14. The van der Waals surface area contributed by atoms with Gasteiger partial charge in [-0.2, -0.15) is 0 Å². The lowest BCUT2D eigenvalue weighted by atomic mass is 9.93. The first-order valence-electron chi connectivity index (χ1n) is 6.43. The molecule has 0 radical (unpaired) electrons. The summed E-state index contributed by atoms with van der Waals surface area (Å²) in [6.07, 6.45) is 8.38. The van der Waals surface area contributed by atoms with E-state index in [9.17, 15) is 0 Å². The van der Waals surface area contributed by atoms with Crippen molar-refractivity contribution >= 4 is 0 Å². The summed E-state index contributed by atoms with van der Waals surface area (Å²) >= 11 is 0. The molecule has 1 rings (SSSR count). The Hall–Kier alpha value is -1.26. The summed E-state index contributed by atoms with van der Waals surface area (Å²) in [6, 6.07) is 6.87. The van der Waals surface area contributed by atoms with Crippen molar-refractivity contribution < 1.29 is 0 Å². The van der Waals surface area contributed by atoms with Gasteiger partial charge >= 0.3 is 0 Å². The van der Waals surface area contributed by atoms with Crippen LogP contribution in [0.2, 0.25) is 0 Å². The molecular formula is C16H23N. The van der Waals surface area contributed by atoms with Crippen LogP contribution in [0.3, 0.4) is 0 Å². The molecule has 17 heavy (non-hydrogen) atoms.